The third-order valence-electron chi connectivity index (χ3n) is 5.54. The van der Waals surface area contributed by atoms with Gasteiger partial charge in [-0.3, -0.25) is 4.79 Å². The first-order valence-electron chi connectivity index (χ1n) is 11.5. The predicted molar refractivity (Wildman–Crippen MR) is 137 cm³/mol. The van der Waals surface area contributed by atoms with Gasteiger partial charge in [-0.25, -0.2) is 17.4 Å². The zero-order valence-corrected chi connectivity index (χ0v) is 22.1. The average molecular weight is 583 g/mol. The van der Waals surface area contributed by atoms with E-state index in [0.29, 0.717) is 34.5 Å². The number of aliphatic carboxylic acids is 1. The van der Waals surface area contributed by atoms with Gasteiger partial charge in [0.25, 0.3) is 10.0 Å². The molecule has 0 atom stereocenters. The summed E-state index contributed by atoms with van der Waals surface area (Å²) in [7, 11) is -4.16. The summed E-state index contributed by atoms with van der Waals surface area (Å²) in [6.45, 7) is 3.66. The van der Waals surface area contributed by atoms with Crippen molar-refractivity contribution >= 4 is 38.5 Å². The lowest BCUT2D eigenvalue weighted by Crippen LogP contribution is -2.12. The van der Waals surface area contributed by atoms with E-state index in [0.717, 1.165) is 3.97 Å². The predicted octanol–water partition coefficient (Wildman–Crippen LogP) is 6.54. The molecule has 1 N–H and O–H groups in total. The standard InChI is InChI=1S/C26H22ClF3N2O6S/c1-15(2)37-19-6-9-21-16(3-10-24(33)34)14-32(23(21)12-19)39(35,36)20-7-4-18(5-8-20)38-25-22(27)11-17(13-31-25)26(28,29)30/h4-9,11-15H,3,10H2,1-2H3,(H,33,34). The minimum absolute atomic E-state index is 0.0928. The van der Waals surface area contributed by atoms with Crippen LogP contribution in [0.1, 0.15) is 31.4 Å². The Morgan fingerprint density at radius 1 is 1.10 bits per heavy atom. The van der Waals surface area contributed by atoms with E-state index in [1.807, 2.05) is 13.8 Å². The molecule has 0 radical (unpaired) electrons. The Labute approximate surface area is 226 Å². The second-order valence-corrected chi connectivity index (χ2v) is 11.0. The van der Waals surface area contributed by atoms with Crippen molar-refractivity contribution in [2.75, 3.05) is 0 Å². The zero-order valence-electron chi connectivity index (χ0n) is 20.6. The molecule has 2 aromatic carbocycles. The van der Waals surface area contributed by atoms with Gasteiger partial charge in [0.05, 0.1) is 22.1 Å². The van der Waals surface area contributed by atoms with Crippen molar-refractivity contribution in [3.63, 3.8) is 0 Å². The fourth-order valence-corrected chi connectivity index (χ4v) is 5.38. The molecule has 0 amide bonds. The van der Waals surface area contributed by atoms with Gasteiger partial charge >= 0.3 is 12.1 Å². The van der Waals surface area contributed by atoms with Crippen LogP contribution in [-0.4, -0.2) is 34.6 Å². The molecule has 2 heterocycles. The molecule has 0 aliphatic carbocycles. The van der Waals surface area contributed by atoms with Crippen LogP contribution in [0.4, 0.5) is 13.2 Å². The highest BCUT2D eigenvalue weighted by Gasteiger charge is 2.32. The number of nitrogens with zero attached hydrogens (tertiary/aromatic N) is 2. The minimum atomic E-state index is -4.62. The Bertz CT molecular complexity index is 1630. The number of ether oxygens (including phenoxy) is 2. The van der Waals surface area contributed by atoms with Crippen LogP contribution in [0.25, 0.3) is 10.9 Å². The number of benzene rings is 2. The molecule has 0 fully saturated rings. The van der Waals surface area contributed by atoms with Crippen LogP contribution in [0, 0.1) is 0 Å². The third-order valence-corrected chi connectivity index (χ3v) is 7.49. The van der Waals surface area contributed by atoms with Gasteiger partial charge in [0.15, 0.2) is 0 Å². The highest BCUT2D eigenvalue weighted by molar-refractivity contribution is 7.90. The lowest BCUT2D eigenvalue weighted by Gasteiger charge is -2.12. The quantitative estimate of drug-likeness (QED) is 0.239. The zero-order chi connectivity index (χ0) is 28.5. The molecule has 4 aromatic rings. The molecule has 2 aromatic heterocycles. The Balaban J connectivity index is 1.67. The van der Waals surface area contributed by atoms with Crippen LogP contribution in [0.2, 0.25) is 5.02 Å². The van der Waals surface area contributed by atoms with Gasteiger partial charge in [0.1, 0.15) is 16.5 Å². The summed E-state index contributed by atoms with van der Waals surface area (Å²) < 4.78 is 78.0. The van der Waals surface area contributed by atoms with E-state index in [1.54, 1.807) is 18.2 Å². The van der Waals surface area contributed by atoms with Crippen molar-refractivity contribution in [1.82, 2.24) is 8.96 Å². The highest BCUT2D eigenvalue weighted by Crippen LogP contribution is 2.35. The second kappa shape index (κ2) is 10.8. The fourth-order valence-electron chi connectivity index (χ4n) is 3.79. The Kier molecular flexibility index (Phi) is 7.80. The van der Waals surface area contributed by atoms with E-state index in [9.17, 15) is 26.4 Å². The number of carbonyl (C=O) groups is 1. The van der Waals surface area contributed by atoms with Crippen molar-refractivity contribution in [3.05, 3.63) is 77.1 Å². The van der Waals surface area contributed by atoms with Crippen molar-refractivity contribution in [2.45, 2.75) is 43.9 Å². The van der Waals surface area contributed by atoms with Crippen molar-refractivity contribution in [2.24, 2.45) is 0 Å². The average Bonchev–Trinajstić information content (AvgIpc) is 3.22. The van der Waals surface area contributed by atoms with Crippen LogP contribution >= 0.6 is 11.6 Å². The van der Waals surface area contributed by atoms with E-state index < -0.39 is 27.7 Å². The van der Waals surface area contributed by atoms with Gasteiger partial charge in [-0.2, -0.15) is 13.2 Å². The number of hydrogen-bond acceptors (Lipinski definition) is 6. The molecular weight excluding hydrogens is 561 g/mol. The van der Waals surface area contributed by atoms with E-state index >= 15 is 0 Å². The maximum Gasteiger partial charge on any atom is 0.417 e. The largest absolute Gasteiger partial charge is 0.491 e. The van der Waals surface area contributed by atoms with Crippen LogP contribution in [0.5, 0.6) is 17.4 Å². The van der Waals surface area contributed by atoms with Crippen molar-refractivity contribution < 1.29 is 41.0 Å². The van der Waals surface area contributed by atoms with Crippen LogP contribution in [-0.2, 0) is 27.4 Å². The first kappa shape index (κ1) is 28.2. The lowest BCUT2D eigenvalue weighted by atomic mass is 10.1. The molecule has 0 saturated carbocycles. The Morgan fingerprint density at radius 3 is 2.36 bits per heavy atom. The summed E-state index contributed by atoms with van der Waals surface area (Å²) in [6.07, 6.45) is -2.88. The monoisotopic (exact) mass is 582 g/mol. The van der Waals surface area contributed by atoms with E-state index in [2.05, 4.69) is 4.98 Å². The number of halogens is 4. The second-order valence-electron chi connectivity index (χ2n) is 8.78. The van der Waals surface area contributed by atoms with Gasteiger partial charge < -0.3 is 14.6 Å². The Morgan fingerprint density at radius 2 is 1.77 bits per heavy atom. The molecule has 0 saturated heterocycles. The number of alkyl halides is 3. The number of rotatable bonds is 9. The number of aryl methyl sites for hydroxylation is 1. The number of fused-ring (bicyclic) bond motifs is 1. The van der Waals surface area contributed by atoms with Gasteiger partial charge in [-0.05, 0) is 68.3 Å². The number of aromatic nitrogens is 2. The minimum Gasteiger partial charge on any atom is -0.491 e. The number of hydrogen-bond donors (Lipinski definition) is 1. The molecular formula is C26H22ClF3N2O6S. The molecule has 4 rings (SSSR count). The SMILES string of the molecule is CC(C)Oc1ccc2c(CCC(=O)O)cn(S(=O)(=O)c3ccc(Oc4ncc(C(F)(F)F)cc4Cl)cc3)c2c1. The highest BCUT2D eigenvalue weighted by atomic mass is 35.5. The summed E-state index contributed by atoms with van der Waals surface area (Å²) in [5.74, 6) is -0.758. The maximum atomic E-state index is 13.6. The van der Waals surface area contributed by atoms with Crippen LogP contribution in [0.15, 0.2) is 65.8 Å². The van der Waals surface area contributed by atoms with Gasteiger partial charge in [0.2, 0.25) is 5.88 Å². The molecule has 39 heavy (non-hydrogen) atoms. The molecule has 13 heteroatoms. The molecule has 0 unspecified atom stereocenters. The molecule has 206 valence electrons. The molecule has 0 aliphatic heterocycles. The topological polar surface area (TPSA) is 108 Å². The van der Waals surface area contributed by atoms with Crippen molar-refractivity contribution in [3.8, 4) is 17.4 Å². The summed E-state index contributed by atoms with van der Waals surface area (Å²) in [5, 5.41) is 9.31. The summed E-state index contributed by atoms with van der Waals surface area (Å²) in [5.41, 5.74) is -0.186. The van der Waals surface area contributed by atoms with E-state index in [1.165, 1.54) is 30.5 Å². The van der Waals surface area contributed by atoms with Gasteiger partial charge in [-0.15, -0.1) is 0 Å². The summed E-state index contributed by atoms with van der Waals surface area (Å²) in [6, 6.07) is 10.8. The smallest absolute Gasteiger partial charge is 0.417 e. The summed E-state index contributed by atoms with van der Waals surface area (Å²) >= 11 is 5.88. The molecule has 0 spiro atoms. The van der Waals surface area contributed by atoms with Gasteiger partial charge in [-0.1, -0.05) is 11.6 Å². The van der Waals surface area contributed by atoms with E-state index in [-0.39, 0.29) is 40.5 Å². The van der Waals surface area contributed by atoms with E-state index in [4.69, 9.17) is 26.2 Å². The molecule has 8 nitrogen and oxygen atoms in total. The molecule has 0 bridgehead atoms. The molecule has 0 aliphatic rings. The lowest BCUT2D eigenvalue weighted by molar-refractivity contribution is -0.138. The van der Waals surface area contributed by atoms with Crippen LogP contribution in [0.3, 0.4) is 0 Å². The first-order valence-corrected chi connectivity index (χ1v) is 13.4. The number of carboxylic acid groups (broad SMARTS) is 1. The summed E-state index contributed by atoms with van der Waals surface area (Å²) in [4.78, 5) is 14.6. The number of pyridine rings is 1. The van der Waals surface area contributed by atoms with Crippen LogP contribution < -0.4 is 9.47 Å². The fraction of sp³-hybridized carbons (Fsp3) is 0.231. The Hall–Kier alpha value is -3.77. The normalized spacial score (nSPS) is 12.2. The van der Waals surface area contributed by atoms with Crippen molar-refractivity contribution in [1.29, 1.82) is 0 Å². The van der Waals surface area contributed by atoms with Gasteiger partial charge in [0, 0.05) is 30.3 Å². The number of carboxylic acids is 1. The maximum absolute atomic E-state index is 13.6. The first-order chi connectivity index (χ1) is 18.3. The third kappa shape index (κ3) is 6.28.